The topological polar surface area (TPSA) is 67.1 Å². The van der Waals surface area contributed by atoms with E-state index in [4.69, 9.17) is 11.6 Å². The van der Waals surface area contributed by atoms with Crippen LogP contribution in [-0.4, -0.2) is 45.3 Å². The zero-order chi connectivity index (χ0) is 15.7. The average molecular weight is 318 g/mol. The first-order valence-corrected chi connectivity index (χ1v) is 7.26. The Morgan fingerprint density at radius 2 is 2.09 bits per heavy atom. The van der Waals surface area contributed by atoms with Crippen molar-refractivity contribution in [2.45, 2.75) is 6.42 Å². The van der Waals surface area contributed by atoms with Crippen LogP contribution in [0.15, 0.2) is 30.5 Å². The van der Waals surface area contributed by atoms with Crippen LogP contribution < -0.4 is 4.90 Å². The number of aromatic nitrogens is 4. The summed E-state index contributed by atoms with van der Waals surface area (Å²) in [7, 11) is 3.88. The average Bonchev–Trinajstić information content (AvgIpc) is 2.85. The van der Waals surface area contributed by atoms with Gasteiger partial charge in [-0.05, 0) is 29.8 Å². The van der Waals surface area contributed by atoms with Gasteiger partial charge in [-0.15, -0.1) is 0 Å². The number of pyridine rings is 1. The molecular weight excluding hydrogens is 302 g/mol. The van der Waals surface area contributed by atoms with E-state index in [1.807, 2.05) is 47.8 Å². The van der Waals surface area contributed by atoms with Crippen molar-refractivity contribution in [2.24, 2.45) is 0 Å². The molecule has 0 atom stereocenters. The van der Waals surface area contributed by atoms with E-state index < -0.39 is 0 Å². The van der Waals surface area contributed by atoms with Gasteiger partial charge in [-0.25, -0.2) is 9.97 Å². The van der Waals surface area contributed by atoms with Gasteiger partial charge in [0.15, 0.2) is 5.65 Å². The van der Waals surface area contributed by atoms with Crippen molar-refractivity contribution in [1.82, 2.24) is 19.5 Å². The molecule has 22 heavy (non-hydrogen) atoms. The summed E-state index contributed by atoms with van der Waals surface area (Å²) < 4.78 is 1.91. The molecule has 0 fully saturated rings. The lowest BCUT2D eigenvalue weighted by Gasteiger charge is -2.14. The lowest BCUT2D eigenvalue weighted by molar-refractivity contribution is 0.297. The minimum absolute atomic E-state index is 0.0465. The van der Waals surface area contributed by atoms with E-state index in [2.05, 4.69) is 15.0 Å². The highest BCUT2D eigenvalue weighted by Gasteiger charge is 2.14. The van der Waals surface area contributed by atoms with Gasteiger partial charge in [-0.3, -0.25) is 4.57 Å². The molecule has 0 saturated carbocycles. The third-order valence-corrected chi connectivity index (χ3v) is 3.54. The predicted octanol–water partition coefficient (Wildman–Crippen LogP) is 2.07. The number of fused-ring (bicyclic) bond motifs is 1. The molecule has 0 aliphatic heterocycles. The van der Waals surface area contributed by atoms with Crippen LogP contribution >= 0.6 is 11.6 Å². The number of rotatable bonds is 4. The monoisotopic (exact) mass is 317 g/mol. The molecule has 0 spiro atoms. The van der Waals surface area contributed by atoms with Gasteiger partial charge in [-0.2, -0.15) is 4.98 Å². The lowest BCUT2D eigenvalue weighted by atomic mass is 10.3. The molecule has 7 heteroatoms. The van der Waals surface area contributed by atoms with E-state index in [9.17, 15) is 5.11 Å². The summed E-state index contributed by atoms with van der Waals surface area (Å²) in [5.74, 6) is 1.58. The number of halogens is 1. The molecule has 1 N–H and O–H groups in total. The fraction of sp³-hybridized carbons (Fsp3) is 0.267. The standard InChI is InChI=1S/C15H16ClN5O/c1-20(2)12-4-3-5-13(18-12)21-11(6-7-22)8-10-9-17-15(16)19-14(10)21/h3-5,8-9,22H,6-7H2,1-2H3. The number of nitrogens with zero attached hydrogens (tertiary/aromatic N) is 5. The Balaban J connectivity index is 2.25. The van der Waals surface area contributed by atoms with Crippen molar-refractivity contribution in [3.8, 4) is 5.82 Å². The highest BCUT2D eigenvalue weighted by atomic mass is 35.5. The molecule has 3 heterocycles. The van der Waals surface area contributed by atoms with Gasteiger partial charge in [-0.1, -0.05) is 6.07 Å². The van der Waals surface area contributed by atoms with Crippen LogP contribution in [0.3, 0.4) is 0 Å². The largest absolute Gasteiger partial charge is 0.396 e. The predicted molar refractivity (Wildman–Crippen MR) is 86.8 cm³/mol. The maximum atomic E-state index is 9.31. The minimum atomic E-state index is 0.0465. The van der Waals surface area contributed by atoms with E-state index in [0.717, 1.165) is 22.7 Å². The first kappa shape index (κ1) is 14.7. The van der Waals surface area contributed by atoms with Crippen molar-refractivity contribution in [2.75, 3.05) is 25.6 Å². The molecule has 0 aliphatic rings. The highest BCUT2D eigenvalue weighted by Crippen LogP contribution is 2.24. The van der Waals surface area contributed by atoms with E-state index in [0.29, 0.717) is 12.1 Å². The van der Waals surface area contributed by atoms with Crippen LogP contribution in [0, 0.1) is 0 Å². The molecule has 114 valence electrons. The fourth-order valence-corrected chi connectivity index (χ4v) is 2.49. The molecule has 0 aromatic carbocycles. The fourth-order valence-electron chi connectivity index (χ4n) is 2.36. The summed E-state index contributed by atoms with van der Waals surface area (Å²) >= 11 is 5.93. The number of anilines is 1. The maximum absolute atomic E-state index is 9.31. The van der Waals surface area contributed by atoms with Gasteiger partial charge in [0, 0.05) is 44.4 Å². The van der Waals surface area contributed by atoms with Crippen LogP contribution in [0.4, 0.5) is 5.82 Å². The van der Waals surface area contributed by atoms with E-state index in [-0.39, 0.29) is 11.9 Å². The second-order valence-electron chi connectivity index (χ2n) is 5.11. The van der Waals surface area contributed by atoms with Crippen molar-refractivity contribution >= 4 is 28.5 Å². The van der Waals surface area contributed by atoms with Crippen LogP contribution in [0.25, 0.3) is 16.9 Å². The van der Waals surface area contributed by atoms with Crippen molar-refractivity contribution in [3.05, 3.63) is 41.4 Å². The summed E-state index contributed by atoms with van der Waals surface area (Å²) in [6.45, 7) is 0.0465. The molecular formula is C15H16ClN5O. The SMILES string of the molecule is CN(C)c1cccc(-n2c(CCO)cc3cnc(Cl)nc32)n1. The first-order chi connectivity index (χ1) is 10.6. The first-order valence-electron chi connectivity index (χ1n) is 6.88. The maximum Gasteiger partial charge on any atom is 0.224 e. The van der Waals surface area contributed by atoms with Gasteiger partial charge in [0.05, 0.1) is 0 Å². The van der Waals surface area contributed by atoms with Crippen molar-refractivity contribution in [1.29, 1.82) is 0 Å². The van der Waals surface area contributed by atoms with E-state index >= 15 is 0 Å². The number of hydrogen-bond donors (Lipinski definition) is 1. The third-order valence-electron chi connectivity index (χ3n) is 3.36. The summed E-state index contributed by atoms with van der Waals surface area (Å²) in [6.07, 6.45) is 2.18. The summed E-state index contributed by atoms with van der Waals surface area (Å²) in [6, 6.07) is 7.73. The highest BCUT2D eigenvalue weighted by molar-refractivity contribution is 6.28. The quantitative estimate of drug-likeness (QED) is 0.746. The van der Waals surface area contributed by atoms with Crippen molar-refractivity contribution < 1.29 is 5.11 Å². The molecule has 0 saturated heterocycles. The molecule has 0 radical (unpaired) electrons. The van der Waals surface area contributed by atoms with Crippen LogP contribution in [0.1, 0.15) is 5.69 Å². The van der Waals surface area contributed by atoms with Gasteiger partial charge < -0.3 is 10.0 Å². The molecule has 6 nitrogen and oxygen atoms in total. The Hall–Kier alpha value is -2.18. The normalized spacial score (nSPS) is 11.1. The van der Waals surface area contributed by atoms with E-state index in [1.54, 1.807) is 6.20 Å². The Labute approximate surface area is 133 Å². The Morgan fingerprint density at radius 1 is 1.27 bits per heavy atom. The van der Waals surface area contributed by atoms with Crippen LogP contribution in [-0.2, 0) is 6.42 Å². The molecule has 0 aliphatic carbocycles. The zero-order valence-electron chi connectivity index (χ0n) is 12.4. The Kier molecular flexibility index (Phi) is 3.96. The molecule has 3 aromatic heterocycles. The van der Waals surface area contributed by atoms with E-state index in [1.165, 1.54) is 0 Å². The van der Waals surface area contributed by atoms with Crippen LogP contribution in [0.5, 0.6) is 0 Å². The summed E-state index contributed by atoms with van der Waals surface area (Å²) in [4.78, 5) is 14.9. The lowest BCUT2D eigenvalue weighted by Crippen LogP contribution is -2.12. The third kappa shape index (κ3) is 2.63. The van der Waals surface area contributed by atoms with Crippen LogP contribution in [0.2, 0.25) is 5.28 Å². The van der Waals surface area contributed by atoms with Crippen molar-refractivity contribution in [3.63, 3.8) is 0 Å². The number of aliphatic hydroxyl groups excluding tert-OH is 1. The van der Waals surface area contributed by atoms with Gasteiger partial charge in [0.2, 0.25) is 5.28 Å². The second-order valence-corrected chi connectivity index (χ2v) is 5.45. The molecule has 0 bridgehead atoms. The number of aliphatic hydroxyl groups is 1. The Morgan fingerprint density at radius 3 is 2.82 bits per heavy atom. The molecule has 3 rings (SSSR count). The minimum Gasteiger partial charge on any atom is -0.396 e. The van der Waals surface area contributed by atoms with Gasteiger partial charge in [0.1, 0.15) is 11.6 Å². The second kappa shape index (κ2) is 5.90. The molecule has 3 aromatic rings. The zero-order valence-corrected chi connectivity index (χ0v) is 13.1. The summed E-state index contributed by atoms with van der Waals surface area (Å²) in [5.41, 5.74) is 1.60. The Bertz CT molecular complexity index is 815. The summed E-state index contributed by atoms with van der Waals surface area (Å²) in [5, 5.41) is 10.4. The molecule has 0 amide bonds. The van der Waals surface area contributed by atoms with Gasteiger partial charge in [0.25, 0.3) is 0 Å². The molecule has 0 unspecified atom stereocenters. The number of hydrogen-bond acceptors (Lipinski definition) is 5. The smallest absolute Gasteiger partial charge is 0.224 e. The van der Waals surface area contributed by atoms with Gasteiger partial charge >= 0.3 is 0 Å².